The SMILES string of the molecule is O=C(CSc1n[nH]c(Cc2cccs2)n1)NCC1CCCO1. The zero-order valence-electron chi connectivity index (χ0n) is 12.1. The summed E-state index contributed by atoms with van der Waals surface area (Å²) >= 11 is 3.03. The summed E-state index contributed by atoms with van der Waals surface area (Å²) in [7, 11) is 0. The maximum absolute atomic E-state index is 11.8. The van der Waals surface area contributed by atoms with Crippen LogP contribution in [0.5, 0.6) is 0 Å². The fraction of sp³-hybridized carbons (Fsp3) is 0.500. The van der Waals surface area contributed by atoms with Gasteiger partial charge in [-0.1, -0.05) is 17.8 Å². The zero-order valence-corrected chi connectivity index (χ0v) is 13.7. The Bertz CT molecular complexity index is 594. The number of thiophene rings is 1. The number of carbonyl (C=O) groups is 1. The largest absolute Gasteiger partial charge is 0.376 e. The van der Waals surface area contributed by atoms with Crippen LogP contribution in [-0.2, 0) is 16.0 Å². The number of hydrogen-bond donors (Lipinski definition) is 2. The number of aromatic amines is 1. The van der Waals surface area contributed by atoms with E-state index in [1.807, 2.05) is 11.4 Å². The fourth-order valence-electron chi connectivity index (χ4n) is 2.21. The highest BCUT2D eigenvalue weighted by Crippen LogP contribution is 2.16. The van der Waals surface area contributed by atoms with Crippen molar-refractivity contribution in [1.82, 2.24) is 20.5 Å². The molecule has 6 nitrogen and oxygen atoms in total. The number of rotatable bonds is 7. The van der Waals surface area contributed by atoms with Gasteiger partial charge in [-0.2, -0.15) is 0 Å². The van der Waals surface area contributed by atoms with E-state index in [-0.39, 0.29) is 12.0 Å². The lowest BCUT2D eigenvalue weighted by Gasteiger charge is -2.09. The standard InChI is InChI=1S/C14H18N4O2S2/c19-13(15-8-10-3-1-5-20-10)9-22-14-16-12(17-18-14)7-11-4-2-6-21-11/h2,4,6,10H,1,3,5,7-9H2,(H,15,19)(H,16,17,18). The number of hydrogen-bond acceptors (Lipinski definition) is 6. The van der Waals surface area contributed by atoms with Gasteiger partial charge in [-0.15, -0.1) is 16.4 Å². The molecule has 118 valence electrons. The first-order valence-electron chi connectivity index (χ1n) is 7.24. The molecule has 1 atom stereocenters. The summed E-state index contributed by atoms with van der Waals surface area (Å²) in [5.74, 6) is 1.14. The van der Waals surface area contributed by atoms with Gasteiger partial charge in [-0.25, -0.2) is 4.98 Å². The van der Waals surface area contributed by atoms with E-state index in [2.05, 4.69) is 26.6 Å². The average molecular weight is 338 g/mol. The van der Waals surface area contributed by atoms with Crippen LogP contribution in [0.25, 0.3) is 0 Å². The minimum Gasteiger partial charge on any atom is -0.376 e. The van der Waals surface area contributed by atoms with Crippen molar-refractivity contribution in [3.05, 3.63) is 28.2 Å². The molecule has 0 bridgehead atoms. The molecule has 1 unspecified atom stereocenters. The van der Waals surface area contributed by atoms with Crippen LogP contribution in [0.15, 0.2) is 22.7 Å². The zero-order chi connectivity index (χ0) is 15.2. The number of nitrogens with one attached hydrogen (secondary N) is 2. The third-order valence-corrected chi connectivity index (χ3v) is 5.04. The van der Waals surface area contributed by atoms with E-state index >= 15 is 0 Å². The molecule has 22 heavy (non-hydrogen) atoms. The molecule has 1 fully saturated rings. The Labute approximate surface area is 137 Å². The number of H-pyrrole nitrogens is 1. The molecule has 2 aromatic rings. The third kappa shape index (κ3) is 4.56. The molecule has 0 saturated carbocycles. The summed E-state index contributed by atoms with van der Waals surface area (Å²) < 4.78 is 5.47. The van der Waals surface area contributed by atoms with E-state index in [9.17, 15) is 4.79 Å². The molecule has 3 rings (SSSR count). The maximum atomic E-state index is 11.8. The first kappa shape index (κ1) is 15.5. The van der Waals surface area contributed by atoms with Crippen LogP contribution in [0.4, 0.5) is 0 Å². The molecule has 0 spiro atoms. The summed E-state index contributed by atoms with van der Waals surface area (Å²) in [4.78, 5) is 17.4. The molecular weight excluding hydrogens is 320 g/mol. The summed E-state index contributed by atoms with van der Waals surface area (Å²) in [6, 6.07) is 4.09. The second kappa shape index (κ2) is 7.75. The summed E-state index contributed by atoms with van der Waals surface area (Å²) in [6.45, 7) is 1.40. The van der Waals surface area contributed by atoms with Gasteiger partial charge in [0.2, 0.25) is 11.1 Å². The Hall–Kier alpha value is -1.38. The van der Waals surface area contributed by atoms with Gasteiger partial charge in [0, 0.05) is 24.4 Å². The van der Waals surface area contributed by atoms with E-state index in [1.165, 1.54) is 16.6 Å². The first-order valence-corrected chi connectivity index (χ1v) is 9.11. The Balaban J connectivity index is 1.39. The highest BCUT2D eigenvalue weighted by Gasteiger charge is 2.16. The lowest BCUT2D eigenvalue weighted by molar-refractivity contribution is -0.119. The van der Waals surface area contributed by atoms with Crippen LogP contribution in [-0.4, -0.2) is 46.1 Å². The van der Waals surface area contributed by atoms with Crippen LogP contribution in [0.1, 0.15) is 23.5 Å². The van der Waals surface area contributed by atoms with Crippen molar-refractivity contribution < 1.29 is 9.53 Å². The molecule has 3 heterocycles. The van der Waals surface area contributed by atoms with Crippen molar-refractivity contribution in [2.75, 3.05) is 18.9 Å². The van der Waals surface area contributed by atoms with Gasteiger partial charge in [-0.05, 0) is 24.3 Å². The maximum Gasteiger partial charge on any atom is 0.230 e. The monoisotopic (exact) mass is 338 g/mol. The highest BCUT2D eigenvalue weighted by molar-refractivity contribution is 7.99. The number of amides is 1. The smallest absolute Gasteiger partial charge is 0.230 e. The predicted molar refractivity (Wildman–Crippen MR) is 86.2 cm³/mol. The molecule has 1 aliphatic heterocycles. The van der Waals surface area contributed by atoms with Crippen molar-refractivity contribution >= 4 is 29.0 Å². The van der Waals surface area contributed by atoms with Gasteiger partial charge in [0.05, 0.1) is 11.9 Å². The van der Waals surface area contributed by atoms with Crippen molar-refractivity contribution in [2.45, 2.75) is 30.5 Å². The van der Waals surface area contributed by atoms with Crippen LogP contribution in [0, 0.1) is 0 Å². The Kier molecular flexibility index (Phi) is 5.47. The Morgan fingerprint density at radius 3 is 3.32 bits per heavy atom. The minimum absolute atomic E-state index is 0.00916. The van der Waals surface area contributed by atoms with E-state index in [0.717, 1.165) is 31.7 Å². The van der Waals surface area contributed by atoms with Gasteiger partial charge in [0.1, 0.15) is 5.82 Å². The first-order chi connectivity index (χ1) is 10.8. The fourth-order valence-corrected chi connectivity index (χ4v) is 3.57. The van der Waals surface area contributed by atoms with Gasteiger partial charge in [-0.3, -0.25) is 9.89 Å². The molecule has 0 radical (unpaired) electrons. The van der Waals surface area contributed by atoms with E-state index in [4.69, 9.17) is 4.74 Å². The topological polar surface area (TPSA) is 79.9 Å². The van der Waals surface area contributed by atoms with Gasteiger partial charge >= 0.3 is 0 Å². The normalized spacial score (nSPS) is 17.7. The molecule has 1 amide bonds. The summed E-state index contributed by atoms with van der Waals surface area (Å²) in [6.07, 6.45) is 3.03. The third-order valence-electron chi connectivity index (χ3n) is 3.32. The van der Waals surface area contributed by atoms with Crippen LogP contribution < -0.4 is 5.32 Å². The lowest BCUT2D eigenvalue weighted by atomic mass is 10.2. The molecule has 1 aliphatic rings. The van der Waals surface area contributed by atoms with Crippen molar-refractivity contribution in [2.24, 2.45) is 0 Å². The average Bonchev–Trinajstić information content (AvgIpc) is 3.26. The molecule has 2 N–H and O–H groups in total. The highest BCUT2D eigenvalue weighted by atomic mass is 32.2. The van der Waals surface area contributed by atoms with E-state index in [0.29, 0.717) is 17.5 Å². The van der Waals surface area contributed by atoms with E-state index < -0.39 is 0 Å². The number of carbonyl (C=O) groups excluding carboxylic acids is 1. The molecule has 2 aromatic heterocycles. The van der Waals surface area contributed by atoms with Crippen molar-refractivity contribution in [3.8, 4) is 0 Å². The van der Waals surface area contributed by atoms with Crippen LogP contribution in [0.3, 0.4) is 0 Å². The number of nitrogens with zero attached hydrogens (tertiary/aromatic N) is 2. The van der Waals surface area contributed by atoms with E-state index in [1.54, 1.807) is 11.3 Å². The molecule has 0 aromatic carbocycles. The van der Waals surface area contributed by atoms with Gasteiger partial charge in [0.15, 0.2) is 0 Å². The second-order valence-corrected chi connectivity index (χ2v) is 7.02. The molecule has 1 saturated heterocycles. The molecular formula is C14H18N4O2S2. The Morgan fingerprint density at radius 1 is 1.59 bits per heavy atom. The number of ether oxygens (including phenoxy) is 1. The minimum atomic E-state index is -0.00916. The van der Waals surface area contributed by atoms with Gasteiger partial charge in [0.25, 0.3) is 0 Å². The molecule has 8 heteroatoms. The van der Waals surface area contributed by atoms with Crippen LogP contribution >= 0.6 is 23.1 Å². The van der Waals surface area contributed by atoms with Gasteiger partial charge < -0.3 is 10.1 Å². The molecule has 0 aliphatic carbocycles. The second-order valence-electron chi connectivity index (χ2n) is 5.05. The van der Waals surface area contributed by atoms with Crippen molar-refractivity contribution in [3.63, 3.8) is 0 Å². The quantitative estimate of drug-likeness (QED) is 0.753. The Morgan fingerprint density at radius 2 is 2.55 bits per heavy atom. The predicted octanol–water partition coefficient (Wildman–Crippen LogP) is 1.84. The number of thioether (sulfide) groups is 1. The van der Waals surface area contributed by atoms with Crippen LogP contribution in [0.2, 0.25) is 0 Å². The lowest BCUT2D eigenvalue weighted by Crippen LogP contribution is -2.32. The summed E-state index contributed by atoms with van der Waals surface area (Å²) in [5.41, 5.74) is 0. The summed E-state index contributed by atoms with van der Waals surface area (Å²) in [5, 5.41) is 12.6. The van der Waals surface area contributed by atoms with Crippen molar-refractivity contribution in [1.29, 1.82) is 0 Å². The number of aromatic nitrogens is 3.